The molecule has 1 aliphatic heterocycles. The fraction of sp³-hybridized carbons (Fsp3) is 0.333. The van der Waals surface area contributed by atoms with Gasteiger partial charge in [0.1, 0.15) is 11.4 Å². The van der Waals surface area contributed by atoms with Crippen molar-refractivity contribution in [2.24, 2.45) is 0 Å². The number of benzene rings is 1. The van der Waals surface area contributed by atoms with Crippen LogP contribution in [0, 0.1) is 0 Å². The van der Waals surface area contributed by atoms with Crippen LogP contribution < -0.4 is 10.2 Å². The van der Waals surface area contributed by atoms with Crippen molar-refractivity contribution < 1.29 is 14.0 Å². The Kier molecular flexibility index (Phi) is 3.10. The molecule has 0 unspecified atom stereocenters. The number of hydrogen-bond acceptors (Lipinski definition) is 3. The van der Waals surface area contributed by atoms with Crippen LogP contribution in [-0.2, 0) is 9.31 Å². The lowest BCUT2D eigenvalue weighted by atomic mass is 9.79. The van der Waals surface area contributed by atoms with E-state index in [-0.39, 0.29) is 0 Å². The van der Waals surface area contributed by atoms with Crippen molar-refractivity contribution in [1.82, 2.24) is 0 Å². The van der Waals surface area contributed by atoms with Crippen LogP contribution >= 0.6 is 11.6 Å². The summed E-state index contributed by atoms with van der Waals surface area (Å²) in [4.78, 5) is 0. The molecule has 1 heterocycles. The van der Waals surface area contributed by atoms with Crippen molar-refractivity contribution in [2.75, 3.05) is 7.11 Å². The van der Waals surface area contributed by atoms with Gasteiger partial charge in [-0.25, -0.2) is 0 Å². The van der Waals surface area contributed by atoms with E-state index in [9.17, 15) is 0 Å². The Morgan fingerprint density at radius 2 is 2.06 bits per heavy atom. The number of methoxy groups -OCH3 is 1. The Labute approximate surface area is 106 Å². The molecule has 0 saturated carbocycles. The SMILES string of the molecule is C=C1OB(c2cc(Cl)cc(OC)c2)OC1(C)C. The maximum Gasteiger partial charge on any atom is 0.563 e. The monoisotopic (exact) mass is 252 g/mol. The minimum Gasteiger partial charge on any atom is -0.534 e. The minimum absolute atomic E-state index is 0.481. The molecule has 2 rings (SSSR count). The molecule has 1 saturated heterocycles. The molecular formula is C12H14BClO3. The normalized spacial score (nSPS) is 18.1. The second-order valence-electron chi connectivity index (χ2n) is 4.43. The highest BCUT2D eigenvalue weighted by Crippen LogP contribution is 2.30. The Hall–Kier alpha value is -1.13. The number of rotatable bonds is 2. The maximum absolute atomic E-state index is 6.00. The molecule has 17 heavy (non-hydrogen) atoms. The van der Waals surface area contributed by atoms with Crippen LogP contribution in [0.4, 0.5) is 0 Å². The summed E-state index contributed by atoms with van der Waals surface area (Å²) in [6.45, 7) is 7.66. The van der Waals surface area contributed by atoms with Crippen molar-refractivity contribution in [3.63, 3.8) is 0 Å². The molecule has 0 aromatic heterocycles. The van der Waals surface area contributed by atoms with Gasteiger partial charge in [-0.2, -0.15) is 0 Å². The lowest BCUT2D eigenvalue weighted by molar-refractivity contribution is 0.173. The smallest absolute Gasteiger partial charge is 0.534 e. The third-order valence-electron chi connectivity index (χ3n) is 2.72. The molecule has 1 fully saturated rings. The number of hydrogen-bond donors (Lipinski definition) is 0. The van der Waals surface area contributed by atoms with Gasteiger partial charge >= 0.3 is 7.12 Å². The summed E-state index contributed by atoms with van der Waals surface area (Å²) >= 11 is 6.00. The standard InChI is InChI=1S/C12H14BClO3/c1-8-12(2,3)17-13(16-8)9-5-10(14)7-11(6-9)15-4/h5-7H,1H2,2-4H3. The van der Waals surface area contributed by atoms with Crippen LogP contribution in [0.15, 0.2) is 30.5 Å². The summed E-state index contributed by atoms with van der Waals surface area (Å²) in [5.41, 5.74) is 0.335. The summed E-state index contributed by atoms with van der Waals surface area (Å²) in [5, 5.41) is 0.585. The van der Waals surface area contributed by atoms with E-state index in [0.717, 1.165) is 5.46 Å². The fourth-order valence-corrected chi connectivity index (χ4v) is 1.84. The van der Waals surface area contributed by atoms with Crippen molar-refractivity contribution in [3.05, 3.63) is 35.6 Å². The van der Waals surface area contributed by atoms with E-state index in [1.54, 1.807) is 19.2 Å². The molecular weight excluding hydrogens is 238 g/mol. The fourth-order valence-electron chi connectivity index (χ4n) is 1.60. The largest absolute Gasteiger partial charge is 0.563 e. The summed E-state index contributed by atoms with van der Waals surface area (Å²) in [6, 6.07) is 5.37. The van der Waals surface area contributed by atoms with Crippen LogP contribution in [0.2, 0.25) is 5.02 Å². The van der Waals surface area contributed by atoms with Crippen LogP contribution in [0.1, 0.15) is 13.8 Å². The van der Waals surface area contributed by atoms with Gasteiger partial charge in [0.2, 0.25) is 0 Å². The highest BCUT2D eigenvalue weighted by Gasteiger charge is 2.43. The molecule has 1 aromatic rings. The zero-order valence-electron chi connectivity index (χ0n) is 10.1. The van der Waals surface area contributed by atoms with Crippen molar-refractivity contribution in [3.8, 4) is 5.75 Å². The van der Waals surface area contributed by atoms with Gasteiger partial charge in [0.05, 0.1) is 12.9 Å². The van der Waals surface area contributed by atoms with E-state index in [1.165, 1.54) is 0 Å². The highest BCUT2D eigenvalue weighted by molar-refractivity contribution is 6.62. The molecule has 0 radical (unpaired) electrons. The zero-order chi connectivity index (χ0) is 12.6. The first kappa shape index (κ1) is 12.3. The molecule has 5 heteroatoms. The predicted octanol–water partition coefficient (Wildman–Crippen LogP) is 2.38. The quantitative estimate of drug-likeness (QED) is 0.757. The third kappa shape index (κ3) is 2.43. The van der Waals surface area contributed by atoms with E-state index in [0.29, 0.717) is 16.5 Å². The lowest BCUT2D eigenvalue weighted by Crippen LogP contribution is -2.34. The molecule has 0 aliphatic carbocycles. The lowest BCUT2D eigenvalue weighted by Gasteiger charge is -2.15. The molecule has 1 aliphatic rings. The molecule has 0 spiro atoms. The van der Waals surface area contributed by atoms with Crippen LogP contribution in [0.3, 0.4) is 0 Å². The second-order valence-corrected chi connectivity index (χ2v) is 4.86. The molecule has 90 valence electrons. The van der Waals surface area contributed by atoms with Gasteiger partial charge in [-0.1, -0.05) is 18.2 Å². The van der Waals surface area contributed by atoms with Gasteiger partial charge in [0, 0.05) is 10.5 Å². The van der Waals surface area contributed by atoms with E-state index < -0.39 is 12.7 Å². The first-order valence-corrected chi connectivity index (χ1v) is 5.68. The predicted molar refractivity (Wildman–Crippen MR) is 68.8 cm³/mol. The van der Waals surface area contributed by atoms with Gasteiger partial charge in [-0.3, -0.25) is 0 Å². The van der Waals surface area contributed by atoms with E-state index >= 15 is 0 Å². The van der Waals surface area contributed by atoms with E-state index in [4.69, 9.17) is 25.6 Å². The molecule has 0 bridgehead atoms. The summed E-state index contributed by atoms with van der Waals surface area (Å²) < 4.78 is 16.5. The maximum atomic E-state index is 6.00. The third-order valence-corrected chi connectivity index (χ3v) is 2.94. The molecule has 0 N–H and O–H groups in total. The summed E-state index contributed by atoms with van der Waals surface area (Å²) in [7, 11) is 1.11. The molecule has 0 atom stereocenters. The molecule has 1 aromatic carbocycles. The van der Waals surface area contributed by atoms with Gasteiger partial charge in [0.25, 0.3) is 0 Å². The first-order valence-electron chi connectivity index (χ1n) is 5.31. The van der Waals surface area contributed by atoms with Gasteiger partial charge < -0.3 is 14.0 Å². The summed E-state index contributed by atoms with van der Waals surface area (Å²) in [5.74, 6) is 1.29. The van der Waals surface area contributed by atoms with Crippen molar-refractivity contribution in [1.29, 1.82) is 0 Å². The average Bonchev–Trinajstić information content (AvgIpc) is 2.53. The van der Waals surface area contributed by atoms with E-state index in [1.807, 2.05) is 19.9 Å². The number of halogens is 1. The van der Waals surface area contributed by atoms with Crippen LogP contribution in [0.5, 0.6) is 5.75 Å². The topological polar surface area (TPSA) is 27.7 Å². The van der Waals surface area contributed by atoms with E-state index in [2.05, 4.69) is 6.58 Å². The summed E-state index contributed by atoms with van der Waals surface area (Å²) in [6.07, 6.45) is 0. The van der Waals surface area contributed by atoms with Gasteiger partial charge in [-0.15, -0.1) is 0 Å². The minimum atomic E-state index is -0.486. The Bertz CT molecular complexity index is 459. The van der Waals surface area contributed by atoms with Crippen LogP contribution in [0.25, 0.3) is 0 Å². The molecule has 3 nitrogen and oxygen atoms in total. The van der Waals surface area contributed by atoms with Crippen molar-refractivity contribution in [2.45, 2.75) is 19.4 Å². The average molecular weight is 253 g/mol. The zero-order valence-corrected chi connectivity index (χ0v) is 10.9. The molecule has 0 amide bonds. The highest BCUT2D eigenvalue weighted by atomic mass is 35.5. The van der Waals surface area contributed by atoms with Gasteiger partial charge in [-0.05, 0) is 32.0 Å². The number of ether oxygens (including phenoxy) is 1. The first-order chi connectivity index (χ1) is 7.92. The Morgan fingerprint density at radius 3 is 2.59 bits per heavy atom. The van der Waals surface area contributed by atoms with Crippen molar-refractivity contribution >= 4 is 24.2 Å². The Balaban J connectivity index is 2.30. The second kappa shape index (κ2) is 4.28. The van der Waals surface area contributed by atoms with Gasteiger partial charge in [0.15, 0.2) is 0 Å². The van der Waals surface area contributed by atoms with Crippen LogP contribution in [-0.4, -0.2) is 19.8 Å². The Morgan fingerprint density at radius 1 is 1.35 bits per heavy atom.